The maximum Gasteiger partial charge on any atom is 0.309 e. The largest absolute Gasteiger partial charge is 0.469 e. The van der Waals surface area contributed by atoms with E-state index in [4.69, 9.17) is 0 Å². The van der Waals surface area contributed by atoms with Crippen molar-refractivity contribution in [2.75, 3.05) is 7.11 Å². The fraction of sp³-hybridized carbons (Fsp3) is 0.538. The smallest absolute Gasteiger partial charge is 0.309 e. The Labute approximate surface area is 96.2 Å². The van der Waals surface area contributed by atoms with Crippen LogP contribution in [0.25, 0.3) is 0 Å². The second-order valence-corrected chi connectivity index (χ2v) is 4.06. The molecule has 0 amide bonds. The molecule has 0 aromatic heterocycles. The van der Waals surface area contributed by atoms with E-state index in [1.54, 1.807) is 6.08 Å². The standard InChI is InChI=1S/C13H18O3/c1-4-10(8-13(15)16-3)12-6-5-11(14)7-9(12)2/h4,7,12H,5-6,8H2,1-3H3. The third-order valence-corrected chi connectivity index (χ3v) is 3.01. The van der Waals surface area contributed by atoms with Gasteiger partial charge in [0.15, 0.2) is 5.78 Å². The molecule has 0 bridgehead atoms. The first kappa shape index (κ1) is 12.7. The molecule has 0 fully saturated rings. The van der Waals surface area contributed by atoms with Gasteiger partial charge in [-0.05, 0) is 26.3 Å². The van der Waals surface area contributed by atoms with Gasteiger partial charge in [-0.3, -0.25) is 9.59 Å². The summed E-state index contributed by atoms with van der Waals surface area (Å²) in [5, 5.41) is 0. The van der Waals surface area contributed by atoms with E-state index in [2.05, 4.69) is 4.74 Å². The SMILES string of the molecule is CC=C(CC(=O)OC)C1CCC(=O)C=C1C. The van der Waals surface area contributed by atoms with Gasteiger partial charge in [-0.15, -0.1) is 0 Å². The maximum absolute atomic E-state index is 11.2. The van der Waals surface area contributed by atoms with Crippen LogP contribution in [-0.2, 0) is 14.3 Å². The Balaban J connectivity index is 2.79. The minimum absolute atomic E-state index is 0.183. The van der Waals surface area contributed by atoms with Crippen LogP contribution in [-0.4, -0.2) is 18.9 Å². The van der Waals surface area contributed by atoms with Crippen LogP contribution in [0.5, 0.6) is 0 Å². The molecular weight excluding hydrogens is 204 g/mol. The van der Waals surface area contributed by atoms with Gasteiger partial charge >= 0.3 is 5.97 Å². The number of carbonyl (C=O) groups is 2. The van der Waals surface area contributed by atoms with E-state index in [0.29, 0.717) is 12.8 Å². The van der Waals surface area contributed by atoms with Gasteiger partial charge < -0.3 is 4.74 Å². The van der Waals surface area contributed by atoms with Crippen LogP contribution in [0.2, 0.25) is 0 Å². The van der Waals surface area contributed by atoms with Gasteiger partial charge in [0, 0.05) is 12.3 Å². The van der Waals surface area contributed by atoms with E-state index >= 15 is 0 Å². The first-order valence-electron chi connectivity index (χ1n) is 5.51. The Morgan fingerprint density at radius 1 is 1.62 bits per heavy atom. The lowest BCUT2D eigenvalue weighted by atomic mass is 9.81. The van der Waals surface area contributed by atoms with Crippen LogP contribution in [0, 0.1) is 5.92 Å². The third kappa shape index (κ3) is 3.05. The molecule has 0 N–H and O–H groups in total. The number of methoxy groups -OCH3 is 1. The first-order valence-corrected chi connectivity index (χ1v) is 5.51. The topological polar surface area (TPSA) is 43.4 Å². The molecule has 0 aromatic carbocycles. The van der Waals surface area contributed by atoms with E-state index in [-0.39, 0.29) is 17.7 Å². The molecule has 0 saturated heterocycles. The van der Waals surface area contributed by atoms with Crippen molar-refractivity contribution in [3.63, 3.8) is 0 Å². The highest BCUT2D eigenvalue weighted by atomic mass is 16.5. The lowest BCUT2D eigenvalue weighted by Gasteiger charge is -2.23. The van der Waals surface area contributed by atoms with Crippen LogP contribution in [0.3, 0.4) is 0 Å². The zero-order valence-corrected chi connectivity index (χ0v) is 10.1. The zero-order chi connectivity index (χ0) is 12.1. The minimum atomic E-state index is -0.224. The average molecular weight is 222 g/mol. The number of hydrogen-bond donors (Lipinski definition) is 0. The van der Waals surface area contributed by atoms with Crippen molar-refractivity contribution in [2.45, 2.75) is 33.1 Å². The molecule has 16 heavy (non-hydrogen) atoms. The van der Waals surface area contributed by atoms with Gasteiger partial charge in [-0.25, -0.2) is 0 Å². The molecule has 1 aliphatic carbocycles. The summed E-state index contributed by atoms with van der Waals surface area (Å²) in [5.74, 6) is 0.182. The van der Waals surface area contributed by atoms with Crippen molar-refractivity contribution in [3.05, 3.63) is 23.3 Å². The van der Waals surface area contributed by atoms with E-state index < -0.39 is 0 Å². The van der Waals surface area contributed by atoms with Crippen molar-refractivity contribution in [1.82, 2.24) is 0 Å². The summed E-state index contributed by atoms with van der Waals surface area (Å²) in [4.78, 5) is 22.5. The van der Waals surface area contributed by atoms with Gasteiger partial charge in [0.1, 0.15) is 0 Å². The molecule has 0 heterocycles. The summed E-state index contributed by atoms with van der Waals surface area (Å²) in [7, 11) is 1.39. The molecule has 0 aliphatic heterocycles. The van der Waals surface area contributed by atoms with Crippen LogP contribution in [0.1, 0.15) is 33.1 Å². The van der Waals surface area contributed by atoms with Crippen molar-refractivity contribution in [3.8, 4) is 0 Å². The molecule has 3 heteroatoms. The van der Waals surface area contributed by atoms with Gasteiger partial charge in [-0.2, -0.15) is 0 Å². The molecule has 0 radical (unpaired) electrons. The van der Waals surface area contributed by atoms with Crippen molar-refractivity contribution in [1.29, 1.82) is 0 Å². The number of hydrogen-bond acceptors (Lipinski definition) is 3. The van der Waals surface area contributed by atoms with E-state index in [0.717, 1.165) is 17.6 Å². The molecule has 0 spiro atoms. The fourth-order valence-corrected chi connectivity index (χ4v) is 2.08. The van der Waals surface area contributed by atoms with Crippen LogP contribution < -0.4 is 0 Å². The lowest BCUT2D eigenvalue weighted by molar-refractivity contribution is -0.139. The molecule has 1 unspecified atom stereocenters. The number of rotatable bonds is 3. The van der Waals surface area contributed by atoms with Crippen molar-refractivity contribution >= 4 is 11.8 Å². The predicted octanol–water partition coefficient (Wildman–Crippen LogP) is 2.42. The Bertz CT molecular complexity index is 350. The third-order valence-electron chi connectivity index (χ3n) is 3.01. The van der Waals surface area contributed by atoms with Crippen molar-refractivity contribution < 1.29 is 14.3 Å². The number of allylic oxidation sites excluding steroid dienone is 3. The molecule has 88 valence electrons. The molecule has 0 saturated carbocycles. The van der Waals surface area contributed by atoms with Crippen LogP contribution in [0.15, 0.2) is 23.3 Å². The van der Waals surface area contributed by atoms with Crippen LogP contribution >= 0.6 is 0 Å². The van der Waals surface area contributed by atoms with Gasteiger partial charge in [-0.1, -0.05) is 17.2 Å². The molecule has 1 aliphatic rings. The normalized spacial score (nSPS) is 21.7. The molecule has 3 nitrogen and oxygen atoms in total. The minimum Gasteiger partial charge on any atom is -0.469 e. The highest BCUT2D eigenvalue weighted by Gasteiger charge is 2.23. The second kappa shape index (κ2) is 5.64. The number of ether oxygens (including phenoxy) is 1. The Morgan fingerprint density at radius 2 is 2.31 bits per heavy atom. The van der Waals surface area contributed by atoms with E-state index in [9.17, 15) is 9.59 Å². The maximum atomic E-state index is 11.2. The Morgan fingerprint density at radius 3 is 2.81 bits per heavy atom. The number of esters is 1. The summed E-state index contributed by atoms with van der Waals surface area (Å²) in [6.07, 6.45) is 5.33. The van der Waals surface area contributed by atoms with Gasteiger partial charge in [0.25, 0.3) is 0 Å². The summed E-state index contributed by atoms with van der Waals surface area (Å²) < 4.78 is 4.66. The lowest BCUT2D eigenvalue weighted by Crippen LogP contribution is -2.17. The van der Waals surface area contributed by atoms with Gasteiger partial charge in [0.2, 0.25) is 0 Å². The number of carbonyl (C=O) groups excluding carboxylic acids is 2. The van der Waals surface area contributed by atoms with Gasteiger partial charge in [0.05, 0.1) is 13.5 Å². The molecular formula is C13H18O3. The highest BCUT2D eigenvalue weighted by Crippen LogP contribution is 2.31. The summed E-state index contributed by atoms with van der Waals surface area (Å²) in [6.45, 7) is 3.87. The zero-order valence-electron chi connectivity index (χ0n) is 10.1. The van der Waals surface area contributed by atoms with Crippen molar-refractivity contribution in [2.24, 2.45) is 5.92 Å². The van der Waals surface area contributed by atoms with Crippen LogP contribution in [0.4, 0.5) is 0 Å². The molecule has 1 atom stereocenters. The summed E-state index contributed by atoms with van der Waals surface area (Å²) >= 11 is 0. The quantitative estimate of drug-likeness (QED) is 0.544. The molecule has 1 rings (SSSR count). The summed E-state index contributed by atoms with van der Waals surface area (Å²) in [6, 6.07) is 0. The monoisotopic (exact) mass is 222 g/mol. The fourth-order valence-electron chi connectivity index (χ4n) is 2.08. The Kier molecular flexibility index (Phi) is 4.47. The highest BCUT2D eigenvalue weighted by molar-refractivity contribution is 5.91. The van der Waals surface area contributed by atoms with E-state index in [1.165, 1.54) is 7.11 Å². The molecule has 0 aromatic rings. The second-order valence-electron chi connectivity index (χ2n) is 4.06. The average Bonchev–Trinajstić information content (AvgIpc) is 2.26. The predicted molar refractivity (Wildman–Crippen MR) is 61.9 cm³/mol. The Hall–Kier alpha value is -1.38. The summed E-state index contributed by atoms with van der Waals surface area (Å²) in [5.41, 5.74) is 2.10. The first-order chi connectivity index (χ1) is 7.58. The van der Waals surface area contributed by atoms with E-state index in [1.807, 2.05) is 19.9 Å². The number of ketones is 1.